The van der Waals surface area contributed by atoms with Crippen LogP contribution in [0.15, 0.2) is 29.3 Å². The highest BCUT2D eigenvalue weighted by molar-refractivity contribution is 14.0. The highest BCUT2D eigenvalue weighted by atomic mass is 127. The molecule has 0 aromatic heterocycles. The second kappa shape index (κ2) is 9.58. The molecular weight excluding hydrogens is 439 g/mol. The first-order chi connectivity index (χ1) is 12.2. The van der Waals surface area contributed by atoms with E-state index >= 15 is 0 Å². The summed E-state index contributed by atoms with van der Waals surface area (Å²) in [5.74, 6) is 0.929. The zero-order valence-corrected chi connectivity index (χ0v) is 18.2. The molecule has 0 unspecified atom stereocenters. The van der Waals surface area contributed by atoms with Crippen molar-refractivity contribution in [3.8, 4) is 0 Å². The number of halogens is 1. The molecule has 1 saturated heterocycles. The Morgan fingerprint density at radius 3 is 2.69 bits per heavy atom. The number of likely N-dealkylation sites (tertiary alicyclic amines) is 1. The van der Waals surface area contributed by atoms with E-state index in [2.05, 4.69) is 20.5 Å². The average Bonchev–Trinajstić information content (AvgIpc) is 3.05. The summed E-state index contributed by atoms with van der Waals surface area (Å²) in [5, 5.41) is 6.15. The molecule has 1 heterocycles. The molecule has 6 heteroatoms. The lowest BCUT2D eigenvalue weighted by molar-refractivity contribution is 0.0963. The van der Waals surface area contributed by atoms with E-state index in [1.54, 1.807) is 7.05 Å². The number of benzene rings is 1. The zero-order chi connectivity index (χ0) is 17.7. The van der Waals surface area contributed by atoms with Crippen molar-refractivity contribution < 1.29 is 4.79 Å². The van der Waals surface area contributed by atoms with Gasteiger partial charge in [0.15, 0.2) is 5.96 Å². The fourth-order valence-corrected chi connectivity index (χ4v) is 4.31. The van der Waals surface area contributed by atoms with Crippen LogP contribution in [-0.4, -0.2) is 44.0 Å². The molecule has 3 rings (SSSR count). The molecule has 1 spiro atoms. The van der Waals surface area contributed by atoms with Crippen molar-refractivity contribution in [2.24, 2.45) is 10.4 Å². The van der Waals surface area contributed by atoms with Crippen molar-refractivity contribution in [3.63, 3.8) is 0 Å². The number of hydrogen-bond donors (Lipinski definition) is 2. The number of nitrogens with zero attached hydrogens (tertiary/aromatic N) is 2. The third kappa shape index (κ3) is 4.90. The number of nitrogens with one attached hydrogen (secondary N) is 2. The van der Waals surface area contributed by atoms with Gasteiger partial charge in [-0.2, -0.15) is 0 Å². The lowest BCUT2D eigenvalue weighted by atomic mass is 9.73. The summed E-state index contributed by atoms with van der Waals surface area (Å²) in [6.07, 6.45) is 8.19. The van der Waals surface area contributed by atoms with E-state index < -0.39 is 0 Å². The largest absolute Gasteiger partial charge is 0.355 e. The minimum Gasteiger partial charge on any atom is -0.355 e. The Bertz CT molecular complexity index is 640. The Kier molecular flexibility index (Phi) is 7.73. The smallest absolute Gasteiger partial charge is 0.251 e. The number of rotatable bonds is 3. The van der Waals surface area contributed by atoms with Crippen LogP contribution in [0.1, 0.15) is 54.4 Å². The van der Waals surface area contributed by atoms with Crippen molar-refractivity contribution in [2.45, 2.75) is 45.1 Å². The quantitative estimate of drug-likeness (QED) is 0.405. The molecule has 26 heavy (non-hydrogen) atoms. The van der Waals surface area contributed by atoms with E-state index in [4.69, 9.17) is 0 Å². The minimum absolute atomic E-state index is 0. The maximum Gasteiger partial charge on any atom is 0.251 e. The lowest BCUT2D eigenvalue weighted by Gasteiger charge is -2.33. The summed E-state index contributed by atoms with van der Waals surface area (Å²) in [5.41, 5.74) is 2.31. The molecule has 1 amide bonds. The van der Waals surface area contributed by atoms with Gasteiger partial charge in [0.05, 0.1) is 0 Å². The van der Waals surface area contributed by atoms with Crippen LogP contribution in [-0.2, 0) is 6.54 Å². The van der Waals surface area contributed by atoms with Crippen LogP contribution in [0.3, 0.4) is 0 Å². The SMILES string of the molecule is CN=C(NCc1cccc(C(=O)NC)c1)N1CCC2(CCCCC2)C1.I. The number of hydrogen-bond acceptors (Lipinski definition) is 2. The number of carbonyl (C=O) groups is 1. The summed E-state index contributed by atoms with van der Waals surface area (Å²) in [6, 6.07) is 7.74. The van der Waals surface area contributed by atoms with Gasteiger partial charge >= 0.3 is 0 Å². The van der Waals surface area contributed by atoms with Crippen LogP contribution in [0.25, 0.3) is 0 Å². The van der Waals surface area contributed by atoms with Gasteiger partial charge in [0.1, 0.15) is 0 Å². The normalized spacial score (nSPS) is 19.2. The van der Waals surface area contributed by atoms with Crippen LogP contribution < -0.4 is 10.6 Å². The Balaban J connectivity index is 0.00000243. The van der Waals surface area contributed by atoms with Gasteiger partial charge in [0.25, 0.3) is 5.91 Å². The van der Waals surface area contributed by atoms with E-state index in [1.165, 1.54) is 38.5 Å². The van der Waals surface area contributed by atoms with Crippen LogP contribution in [0.4, 0.5) is 0 Å². The second-order valence-electron chi connectivity index (χ2n) is 7.41. The molecule has 1 aliphatic heterocycles. The number of carbonyl (C=O) groups excluding carboxylic acids is 1. The fourth-order valence-electron chi connectivity index (χ4n) is 4.31. The van der Waals surface area contributed by atoms with Gasteiger partial charge in [-0.25, -0.2) is 0 Å². The van der Waals surface area contributed by atoms with Crippen LogP contribution in [0, 0.1) is 5.41 Å². The van der Waals surface area contributed by atoms with Gasteiger partial charge in [-0.1, -0.05) is 31.4 Å². The van der Waals surface area contributed by atoms with Gasteiger partial charge < -0.3 is 15.5 Å². The molecule has 1 aromatic carbocycles. The Morgan fingerprint density at radius 2 is 2.00 bits per heavy atom. The number of amides is 1. The molecule has 1 aromatic rings. The molecular formula is C20H31IN4O. The summed E-state index contributed by atoms with van der Waals surface area (Å²) >= 11 is 0. The predicted octanol–water partition coefficient (Wildman–Crippen LogP) is 3.40. The summed E-state index contributed by atoms with van der Waals surface area (Å²) in [6.45, 7) is 2.91. The average molecular weight is 470 g/mol. The van der Waals surface area contributed by atoms with Gasteiger partial charge in [-0.05, 0) is 42.4 Å². The van der Waals surface area contributed by atoms with E-state index in [-0.39, 0.29) is 29.9 Å². The molecule has 2 N–H and O–H groups in total. The van der Waals surface area contributed by atoms with Gasteiger partial charge in [-0.15, -0.1) is 24.0 Å². The Hall–Kier alpha value is -1.31. The molecule has 2 fully saturated rings. The monoisotopic (exact) mass is 470 g/mol. The molecule has 1 aliphatic carbocycles. The van der Waals surface area contributed by atoms with E-state index in [1.807, 2.05) is 31.3 Å². The van der Waals surface area contributed by atoms with E-state index in [0.717, 1.165) is 24.6 Å². The molecule has 144 valence electrons. The molecule has 0 radical (unpaired) electrons. The molecule has 0 atom stereocenters. The van der Waals surface area contributed by atoms with Crippen molar-refractivity contribution >= 4 is 35.8 Å². The molecule has 5 nitrogen and oxygen atoms in total. The summed E-state index contributed by atoms with van der Waals surface area (Å²) in [7, 11) is 3.51. The Labute approximate surface area is 174 Å². The summed E-state index contributed by atoms with van der Waals surface area (Å²) in [4.78, 5) is 18.7. The van der Waals surface area contributed by atoms with Gasteiger partial charge in [-0.3, -0.25) is 9.79 Å². The van der Waals surface area contributed by atoms with E-state index in [0.29, 0.717) is 17.5 Å². The third-order valence-corrected chi connectivity index (χ3v) is 5.73. The van der Waals surface area contributed by atoms with Crippen molar-refractivity contribution in [1.82, 2.24) is 15.5 Å². The highest BCUT2D eigenvalue weighted by Crippen LogP contribution is 2.43. The topological polar surface area (TPSA) is 56.7 Å². The number of aliphatic imine (C=N–C) groups is 1. The predicted molar refractivity (Wildman–Crippen MR) is 117 cm³/mol. The fraction of sp³-hybridized carbons (Fsp3) is 0.600. The summed E-state index contributed by atoms with van der Waals surface area (Å²) < 4.78 is 0. The lowest BCUT2D eigenvalue weighted by Crippen LogP contribution is -2.41. The van der Waals surface area contributed by atoms with E-state index in [9.17, 15) is 4.79 Å². The highest BCUT2D eigenvalue weighted by Gasteiger charge is 2.39. The molecule has 1 saturated carbocycles. The van der Waals surface area contributed by atoms with Crippen LogP contribution >= 0.6 is 24.0 Å². The van der Waals surface area contributed by atoms with Gasteiger partial charge in [0, 0.05) is 39.3 Å². The van der Waals surface area contributed by atoms with Crippen molar-refractivity contribution in [2.75, 3.05) is 27.2 Å². The maximum atomic E-state index is 11.8. The van der Waals surface area contributed by atoms with Gasteiger partial charge in [0.2, 0.25) is 0 Å². The Morgan fingerprint density at radius 1 is 1.23 bits per heavy atom. The first-order valence-corrected chi connectivity index (χ1v) is 9.42. The first-order valence-electron chi connectivity index (χ1n) is 9.42. The molecule has 0 bridgehead atoms. The second-order valence-corrected chi connectivity index (χ2v) is 7.41. The van der Waals surface area contributed by atoms with Crippen LogP contribution in [0.5, 0.6) is 0 Å². The first kappa shape index (κ1) is 21.0. The number of guanidine groups is 1. The minimum atomic E-state index is -0.0509. The maximum absolute atomic E-state index is 11.8. The molecule has 2 aliphatic rings. The van der Waals surface area contributed by atoms with Crippen molar-refractivity contribution in [1.29, 1.82) is 0 Å². The van der Waals surface area contributed by atoms with Crippen LogP contribution in [0.2, 0.25) is 0 Å². The van der Waals surface area contributed by atoms with Crippen molar-refractivity contribution in [3.05, 3.63) is 35.4 Å². The zero-order valence-electron chi connectivity index (χ0n) is 15.9. The third-order valence-electron chi connectivity index (χ3n) is 5.73. The standard InChI is InChI=1S/C20H30N4O.HI/c1-21-18(25)17-8-6-7-16(13-17)14-23-19(22-2)24-12-11-20(15-24)9-4-3-5-10-20;/h6-8,13H,3-5,9-12,14-15H2,1-2H3,(H,21,25)(H,22,23);1H.